The molecule has 0 heterocycles. The van der Waals surface area contributed by atoms with E-state index in [1.165, 1.54) is 0 Å². The summed E-state index contributed by atoms with van der Waals surface area (Å²) < 4.78 is 6.76. The molecule has 0 aliphatic rings. The Morgan fingerprint density at radius 1 is 1.04 bits per heavy atom. The average molecular weight is 415 g/mol. The van der Waals surface area contributed by atoms with E-state index in [2.05, 4.69) is 20.9 Å². The van der Waals surface area contributed by atoms with Crippen LogP contribution in [0.3, 0.4) is 0 Å². The van der Waals surface area contributed by atoms with E-state index in [9.17, 15) is 0 Å². The van der Waals surface area contributed by atoms with Crippen LogP contribution in [0.15, 0.2) is 76.2 Å². The van der Waals surface area contributed by atoms with Gasteiger partial charge in [0.15, 0.2) is 0 Å². The van der Waals surface area contributed by atoms with Gasteiger partial charge in [-0.2, -0.15) is 0 Å². The van der Waals surface area contributed by atoms with Crippen molar-refractivity contribution in [1.82, 2.24) is 0 Å². The lowest BCUT2D eigenvalue weighted by Crippen LogP contribution is -1.96. The third-order valence-electron chi connectivity index (χ3n) is 3.71. The van der Waals surface area contributed by atoms with E-state index in [0.29, 0.717) is 6.61 Å². The van der Waals surface area contributed by atoms with E-state index in [1.54, 1.807) is 0 Å². The summed E-state index contributed by atoms with van der Waals surface area (Å²) in [5.41, 5.74) is 3.99. The zero-order valence-electron chi connectivity index (χ0n) is 13.7. The lowest BCUT2D eigenvalue weighted by atomic mass is 10.2. The summed E-state index contributed by atoms with van der Waals surface area (Å²) in [6.07, 6.45) is 1.81. The summed E-state index contributed by atoms with van der Waals surface area (Å²) in [5, 5.41) is 0.723. The minimum absolute atomic E-state index is 0.536. The third kappa shape index (κ3) is 4.94. The highest BCUT2D eigenvalue weighted by Crippen LogP contribution is 2.27. The number of rotatable bonds is 5. The van der Waals surface area contributed by atoms with Crippen molar-refractivity contribution in [2.75, 3.05) is 0 Å². The van der Waals surface area contributed by atoms with E-state index < -0.39 is 0 Å². The van der Waals surface area contributed by atoms with Gasteiger partial charge in [0.25, 0.3) is 0 Å². The molecule has 3 rings (SSSR count). The van der Waals surface area contributed by atoms with Crippen molar-refractivity contribution in [2.24, 2.45) is 4.99 Å². The highest BCUT2D eigenvalue weighted by atomic mass is 79.9. The van der Waals surface area contributed by atoms with Crippen LogP contribution in [0.25, 0.3) is 0 Å². The van der Waals surface area contributed by atoms with Crippen LogP contribution in [-0.4, -0.2) is 6.21 Å². The van der Waals surface area contributed by atoms with E-state index >= 15 is 0 Å². The fraction of sp³-hybridized carbons (Fsp3) is 0.0952. The fourth-order valence-corrected chi connectivity index (χ4v) is 2.95. The standard InChI is InChI=1S/C21H17BrClNO/c1-15-7-9-18(12-20(15)23)24-13-17-8-10-21(19(22)11-17)25-14-16-5-3-2-4-6-16/h2-13H,14H2,1H3. The van der Waals surface area contributed by atoms with Gasteiger partial charge in [0.2, 0.25) is 0 Å². The van der Waals surface area contributed by atoms with Gasteiger partial charge in [-0.1, -0.05) is 48.0 Å². The molecular formula is C21H17BrClNO. The molecule has 0 N–H and O–H groups in total. The minimum Gasteiger partial charge on any atom is -0.488 e. The van der Waals surface area contributed by atoms with Crippen molar-refractivity contribution in [3.63, 3.8) is 0 Å². The van der Waals surface area contributed by atoms with Crippen molar-refractivity contribution in [1.29, 1.82) is 0 Å². The summed E-state index contributed by atoms with van der Waals surface area (Å²) in [5.74, 6) is 0.805. The van der Waals surface area contributed by atoms with Gasteiger partial charge in [-0.05, 0) is 69.9 Å². The lowest BCUT2D eigenvalue weighted by Gasteiger charge is -2.08. The highest BCUT2D eigenvalue weighted by molar-refractivity contribution is 9.10. The third-order valence-corrected chi connectivity index (χ3v) is 4.74. The molecule has 0 radical (unpaired) electrons. The van der Waals surface area contributed by atoms with Gasteiger partial charge in [-0.25, -0.2) is 0 Å². The first-order valence-corrected chi connectivity index (χ1v) is 9.05. The monoisotopic (exact) mass is 413 g/mol. The number of ether oxygens (including phenoxy) is 1. The number of nitrogens with zero attached hydrogens (tertiary/aromatic N) is 1. The molecule has 0 unspecified atom stereocenters. The summed E-state index contributed by atoms with van der Waals surface area (Å²) in [4.78, 5) is 4.47. The molecule has 2 nitrogen and oxygen atoms in total. The van der Waals surface area contributed by atoms with E-state index in [0.717, 1.165) is 37.6 Å². The first-order chi connectivity index (χ1) is 12.1. The number of benzene rings is 3. The predicted molar refractivity (Wildman–Crippen MR) is 108 cm³/mol. The molecule has 126 valence electrons. The summed E-state index contributed by atoms with van der Waals surface area (Å²) in [6, 6.07) is 21.8. The van der Waals surface area contributed by atoms with Gasteiger partial charge in [0.05, 0.1) is 10.2 Å². The number of aliphatic imine (C=N–C) groups is 1. The smallest absolute Gasteiger partial charge is 0.134 e. The second-order valence-corrected chi connectivity index (χ2v) is 6.92. The lowest BCUT2D eigenvalue weighted by molar-refractivity contribution is 0.304. The molecule has 25 heavy (non-hydrogen) atoms. The minimum atomic E-state index is 0.536. The van der Waals surface area contributed by atoms with Gasteiger partial charge in [-0.15, -0.1) is 0 Å². The normalized spacial score (nSPS) is 11.0. The molecule has 0 aromatic heterocycles. The van der Waals surface area contributed by atoms with Crippen LogP contribution in [0.1, 0.15) is 16.7 Å². The molecule has 0 fully saturated rings. The van der Waals surface area contributed by atoms with Crippen LogP contribution >= 0.6 is 27.5 Å². The van der Waals surface area contributed by atoms with Crippen molar-refractivity contribution in [3.8, 4) is 5.75 Å². The highest BCUT2D eigenvalue weighted by Gasteiger charge is 2.03. The molecule has 0 aliphatic heterocycles. The summed E-state index contributed by atoms with van der Waals surface area (Å²) in [7, 11) is 0. The maximum Gasteiger partial charge on any atom is 0.134 e. The maximum absolute atomic E-state index is 6.13. The Balaban J connectivity index is 1.68. The number of halogens is 2. The van der Waals surface area contributed by atoms with Gasteiger partial charge in [-0.3, -0.25) is 4.99 Å². The number of aryl methyl sites for hydroxylation is 1. The van der Waals surface area contributed by atoms with E-state index in [1.807, 2.05) is 79.9 Å². The molecule has 0 bridgehead atoms. The first kappa shape index (κ1) is 17.7. The fourth-order valence-electron chi connectivity index (χ4n) is 2.26. The largest absolute Gasteiger partial charge is 0.488 e. The van der Waals surface area contributed by atoms with Crippen molar-refractivity contribution in [3.05, 3.63) is 92.9 Å². The number of hydrogen-bond acceptors (Lipinski definition) is 2. The molecule has 3 aromatic carbocycles. The molecule has 0 amide bonds. The Bertz CT molecular complexity index is 894. The molecular weight excluding hydrogens is 398 g/mol. The van der Waals surface area contributed by atoms with Gasteiger partial charge in [0, 0.05) is 11.2 Å². The zero-order valence-corrected chi connectivity index (χ0v) is 16.1. The second kappa shape index (κ2) is 8.32. The Kier molecular flexibility index (Phi) is 5.90. The van der Waals surface area contributed by atoms with Crippen LogP contribution in [0, 0.1) is 6.92 Å². The zero-order chi connectivity index (χ0) is 17.6. The Hall–Kier alpha value is -2.10. The van der Waals surface area contributed by atoms with Crippen molar-refractivity contribution >= 4 is 39.4 Å². The predicted octanol–water partition coefficient (Wildman–Crippen LogP) is 6.74. The SMILES string of the molecule is Cc1ccc(N=Cc2ccc(OCc3ccccc3)c(Br)c2)cc1Cl. The second-order valence-electron chi connectivity index (χ2n) is 5.66. The maximum atomic E-state index is 6.13. The number of hydrogen-bond donors (Lipinski definition) is 0. The van der Waals surface area contributed by atoms with Crippen LogP contribution in [0.4, 0.5) is 5.69 Å². The topological polar surface area (TPSA) is 21.6 Å². The van der Waals surface area contributed by atoms with Crippen molar-refractivity contribution in [2.45, 2.75) is 13.5 Å². The van der Waals surface area contributed by atoms with Crippen LogP contribution < -0.4 is 4.74 Å². The quantitative estimate of drug-likeness (QED) is 0.424. The summed E-state index contributed by atoms with van der Waals surface area (Å²) in [6.45, 7) is 2.51. The van der Waals surface area contributed by atoms with Crippen LogP contribution in [0.5, 0.6) is 5.75 Å². The molecule has 3 aromatic rings. The Morgan fingerprint density at radius 3 is 2.56 bits per heavy atom. The molecule has 0 saturated carbocycles. The average Bonchev–Trinajstić information content (AvgIpc) is 2.63. The van der Waals surface area contributed by atoms with Crippen LogP contribution in [0.2, 0.25) is 5.02 Å². The Morgan fingerprint density at radius 2 is 1.84 bits per heavy atom. The molecule has 4 heteroatoms. The molecule has 0 atom stereocenters. The van der Waals surface area contributed by atoms with Gasteiger partial charge in [0.1, 0.15) is 12.4 Å². The first-order valence-electron chi connectivity index (χ1n) is 7.88. The van der Waals surface area contributed by atoms with Gasteiger partial charge < -0.3 is 4.74 Å². The van der Waals surface area contributed by atoms with Gasteiger partial charge >= 0.3 is 0 Å². The van der Waals surface area contributed by atoms with Crippen LogP contribution in [-0.2, 0) is 6.61 Å². The molecule has 0 saturated heterocycles. The van der Waals surface area contributed by atoms with E-state index in [4.69, 9.17) is 16.3 Å². The molecule has 0 spiro atoms. The summed E-state index contributed by atoms with van der Waals surface area (Å²) >= 11 is 9.69. The Labute approximate surface area is 161 Å². The molecule has 0 aliphatic carbocycles. The van der Waals surface area contributed by atoms with Crippen molar-refractivity contribution < 1.29 is 4.74 Å². The van der Waals surface area contributed by atoms with E-state index in [-0.39, 0.29) is 0 Å².